The first-order valence-electron chi connectivity index (χ1n) is 8.58. The smallest absolute Gasteiger partial charge is 0.306 e. The van der Waals surface area contributed by atoms with E-state index in [-0.39, 0.29) is 28.2 Å². The minimum absolute atomic E-state index is 0.113. The second-order valence-corrected chi connectivity index (χ2v) is 9.97. The Morgan fingerprint density at radius 3 is 2.41 bits per heavy atom. The maximum atomic E-state index is 12.2. The summed E-state index contributed by atoms with van der Waals surface area (Å²) in [5.41, 5.74) is 0.123. The summed E-state index contributed by atoms with van der Waals surface area (Å²) >= 11 is 3.96. The molecule has 0 spiro atoms. The van der Waals surface area contributed by atoms with Crippen LogP contribution in [0.2, 0.25) is 0 Å². The number of esters is 1. The van der Waals surface area contributed by atoms with E-state index in [1.807, 2.05) is 0 Å². The number of rotatable bonds is 5. The normalized spacial score (nSPS) is 42.2. The highest BCUT2D eigenvalue weighted by Gasteiger charge is 2.57. The van der Waals surface area contributed by atoms with Crippen molar-refractivity contribution < 1.29 is 14.3 Å². The van der Waals surface area contributed by atoms with Gasteiger partial charge in [0.25, 0.3) is 5.91 Å². The van der Waals surface area contributed by atoms with E-state index in [4.69, 9.17) is 4.74 Å². The molecule has 0 aromatic carbocycles. The van der Waals surface area contributed by atoms with Gasteiger partial charge < -0.3 is 10.1 Å². The van der Waals surface area contributed by atoms with Crippen LogP contribution in [0, 0.1) is 17.3 Å². The first kappa shape index (κ1) is 15.0. The number of hydrogen-bond donors (Lipinski definition) is 1. The first-order valence-corrected chi connectivity index (χ1v) is 9.37. The summed E-state index contributed by atoms with van der Waals surface area (Å²) in [5.74, 6) is 1.19. The standard InChI is InChI=1S/C17H24BrNO3/c18-17-6-11-3-12(7-17)5-16(4-11,10-17)8-15(21)22-9-14(20)19-13-1-2-13/h11-13H,1-10H2,(H,19,20)/t11-,12+,16?,17?. The van der Waals surface area contributed by atoms with Gasteiger partial charge in [0.1, 0.15) is 0 Å². The van der Waals surface area contributed by atoms with Crippen LogP contribution in [0.5, 0.6) is 0 Å². The van der Waals surface area contributed by atoms with Gasteiger partial charge in [-0.1, -0.05) is 15.9 Å². The largest absolute Gasteiger partial charge is 0.456 e. The zero-order chi connectivity index (χ0) is 15.4. The van der Waals surface area contributed by atoms with E-state index in [9.17, 15) is 9.59 Å². The average Bonchev–Trinajstić information content (AvgIpc) is 3.16. The lowest BCUT2D eigenvalue weighted by Gasteiger charge is -2.60. The summed E-state index contributed by atoms with van der Waals surface area (Å²) < 4.78 is 5.50. The molecule has 5 heteroatoms. The van der Waals surface area contributed by atoms with E-state index in [0.29, 0.717) is 12.5 Å². The van der Waals surface area contributed by atoms with Gasteiger partial charge in [0.2, 0.25) is 0 Å². The monoisotopic (exact) mass is 369 g/mol. The fourth-order valence-corrected chi connectivity index (χ4v) is 7.05. The zero-order valence-electron chi connectivity index (χ0n) is 12.9. The molecule has 2 unspecified atom stereocenters. The van der Waals surface area contributed by atoms with Crippen LogP contribution in [-0.2, 0) is 14.3 Å². The molecule has 5 rings (SSSR count). The average molecular weight is 370 g/mol. The molecule has 0 aliphatic heterocycles. The molecule has 4 nitrogen and oxygen atoms in total. The molecule has 5 aliphatic carbocycles. The quantitative estimate of drug-likeness (QED) is 0.598. The van der Waals surface area contributed by atoms with Gasteiger partial charge in [-0.2, -0.15) is 0 Å². The Balaban J connectivity index is 1.32. The molecule has 5 saturated carbocycles. The van der Waals surface area contributed by atoms with Crippen molar-refractivity contribution in [1.29, 1.82) is 0 Å². The Bertz CT molecular complexity index is 488. The molecule has 1 N–H and O–H groups in total. The molecule has 1 amide bonds. The van der Waals surface area contributed by atoms with Crippen LogP contribution >= 0.6 is 15.9 Å². The number of carbonyl (C=O) groups is 2. The lowest BCUT2D eigenvalue weighted by atomic mass is 9.49. The third-order valence-electron chi connectivity index (χ3n) is 5.94. The second-order valence-electron chi connectivity index (χ2n) is 8.29. The van der Waals surface area contributed by atoms with Gasteiger partial charge in [-0.15, -0.1) is 0 Å². The second kappa shape index (κ2) is 5.22. The molecular weight excluding hydrogens is 346 g/mol. The van der Waals surface area contributed by atoms with E-state index in [1.165, 1.54) is 32.1 Å². The van der Waals surface area contributed by atoms with Crippen molar-refractivity contribution in [2.45, 2.75) is 68.2 Å². The molecule has 4 atom stereocenters. The van der Waals surface area contributed by atoms with Crippen molar-refractivity contribution in [3.63, 3.8) is 0 Å². The van der Waals surface area contributed by atoms with Crippen LogP contribution in [0.1, 0.15) is 57.8 Å². The predicted octanol–water partition coefficient (Wildman–Crippen LogP) is 2.93. The van der Waals surface area contributed by atoms with Crippen molar-refractivity contribution in [2.75, 3.05) is 6.61 Å². The summed E-state index contributed by atoms with van der Waals surface area (Å²) in [4.78, 5) is 23.8. The van der Waals surface area contributed by atoms with Crippen LogP contribution in [0.4, 0.5) is 0 Å². The van der Waals surface area contributed by atoms with Crippen molar-refractivity contribution >= 4 is 27.8 Å². The molecule has 0 heterocycles. The number of carbonyl (C=O) groups excluding carboxylic acids is 2. The van der Waals surface area contributed by atoms with Crippen LogP contribution in [0.3, 0.4) is 0 Å². The van der Waals surface area contributed by atoms with E-state index in [2.05, 4.69) is 21.2 Å². The summed E-state index contributed by atoms with van der Waals surface area (Å²) in [6.07, 6.45) is 9.90. The maximum absolute atomic E-state index is 12.2. The van der Waals surface area contributed by atoms with Gasteiger partial charge in [-0.05, 0) is 68.6 Å². The lowest BCUT2D eigenvalue weighted by Crippen LogP contribution is -2.53. The summed E-state index contributed by atoms with van der Waals surface area (Å²) in [6, 6.07) is 0.322. The third kappa shape index (κ3) is 3.06. The summed E-state index contributed by atoms with van der Waals surface area (Å²) in [7, 11) is 0. The minimum atomic E-state index is -0.191. The van der Waals surface area contributed by atoms with Gasteiger partial charge in [0.15, 0.2) is 6.61 Å². The summed E-state index contributed by atoms with van der Waals surface area (Å²) in [6.45, 7) is -0.113. The number of hydrogen-bond acceptors (Lipinski definition) is 3. The van der Waals surface area contributed by atoms with Crippen LogP contribution < -0.4 is 5.32 Å². The highest BCUT2D eigenvalue weighted by atomic mass is 79.9. The fraction of sp³-hybridized carbons (Fsp3) is 0.882. The summed E-state index contributed by atoms with van der Waals surface area (Å²) in [5, 5.41) is 2.85. The van der Waals surface area contributed by atoms with E-state index in [1.54, 1.807) is 0 Å². The molecule has 5 fully saturated rings. The van der Waals surface area contributed by atoms with Crippen LogP contribution in [0.15, 0.2) is 0 Å². The first-order chi connectivity index (χ1) is 10.4. The number of nitrogens with one attached hydrogen (secondary N) is 1. The Morgan fingerprint density at radius 1 is 1.14 bits per heavy atom. The van der Waals surface area contributed by atoms with Gasteiger partial charge in [0, 0.05) is 10.4 Å². The van der Waals surface area contributed by atoms with Gasteiger partial charge in [-0.25, -0.2) is 0 Å². The molecule has 0 radical (unpaired) electrons. The van der Waals surface area contributed by atoms with E-state index >= 15 is 0 Å². The van der Waals surface area contributed by atoms with E-state index in [0.717, 1.165) is 31.1 Å². The molecule has 0 aromatic rings. The Kier molecular flexibility index (Phi) is 3.55. The topological polar surface area (TPSA) is 55.4 Å². The van der Waals surface area contributed by atoms with Crippen LogP contribution in [-0.4, -0.2) is 28.8 Å². The van der Waals surface area contributed by atoms with Crippen molar-refractivity contribution in [3.05, 3.63) is 0 Å². The molecular formula is C17H24BrNO3. The maximum Gasteiger partial charge on any atom is 0.306 e. The number of ether oxygens (including phenoxy) is 1. The number of amides is 1. The number of alkyl halides is 1. The Morgan fingerprint density at radius 2 is 1.82 bits per heavy atom. The Labute approximate surface area is 139 Å². The van der Waals surface area contributed by atoms with Gasteiger partial charge in [0.05, 0.1) is 6.42 Å². The molecule has 122 valence electrons. The van der Waals surface area contributed by atoms with Crippen LogP contribution in [0.25, 0.3) is 0 Å². The third-order valence-corrected chi connectivity index (χ3v) is 6.86. The molecule has 0 saturated heterocycles. The van der Waals surface area contributed by atoms with Crippen molar-refractivity contribution in [2.24, 2.45) is 17.3 Å². The SMILES string of the molecule is O=C(COC(=O)CC12C[C@@H]3C[C@@H](CC(Br)(C3)C1)C2)NC1CC1. The fourth-order valence-electron chi connectivity index (χ4n) is 5.54. The Hall–Kier alpha value is -0.580. The highest BCUT2D eigenvalue weighted by Crippen LogP contribution is 2.65. The number of halogens is 1. The zero-order valence-corrected chi connectivity index (χ0v) is 14.5. The molecule has 5 aliphatic rings. The van der Waals surface area contributed by atoms with Crippen molar-refractivity contribution in [3.8, 4) is 0 Å². The van der Waals surface area contributed by atoms with E-state index < -0.39 is 0 Å². The highest BCUT2D eigenvalue weighted by molar-refractivity contribution is 9.10. The molecule has 0 aromatic heterocycles. The molecule has 4 bridgehead atoms. The lowest BCUT2D eigenvalue weighted by molar-refractivity contribution is -0.154. The van der Waals surface area contributed by atoms with Gasteiger partial charge in [-0.3, -0.25) is 9.59 Å². The van der Waals surface area contributed by atoms with Gasteiger partial charge >= 0.3 is 5.97 Å². The van der Waals surface area contributed by atoms with Crippen molar-refractivity contribution in [1.82, 2.24) is 5.32 Å². The predicted molar refractivity (Wildman–Crippen MR) is 85.5 cm³/mol. The minimum Gasteiger partial charge on any atom is -0.456 e. The molecule has 22 heavy (non-hydrogen) atoms.